The predicted octanol–water partition coefficient (Wildman–Crippen LogP) is 2.61. The van der Waals surface area contributed by atoms with Gasteiger partial charge in [-0.15, -0.1) is 0 Å². The lowest BCUT2D eigenvalue weighted by Crippen LogP contribution is -2.13. The number of carbonyl (C=O) groups excluding carboxylic acids is 1. The molecule has 0 fully saturated rings. The van der Waals surface area contributed by atoms with Crippen LogP contribution in [0.25, 0.3) is 11.0 Å². The minimum atomic E-state index is -0.201. The lowest BCUT2D eigenvalue weighted by atomic mass is 10.2. The molecule has 0 spiro atoms. The highest BCUT2D eigenvalue weighted by Gasteiger charge is 2.14. The number of rotatable bonds is 4. The van der Waals surface area contributed by atoms with Crippen molar-refractivity contribution in [2.75, 3.05) is 5.32 Å². The number of aryl methyl sites for hydroxylation is 2. The van der Waals surface area contributed by atoms with Crippen LogP contribution in [0.1, 0.15) is 18.1 Å². The standard InChI is InChI=1S/C12H10ClN5O2S/c1-6-14-10(20-16-6)5-4-9(19)15-11-7(13)2-3-8-12(11)18-21-17-8/h2-3H,4-5H2,1H3,(H,15,19). The summed E-state index contributed by atoms with van der Waals surface area (Å²) in [4.78, 5) is 16.1. The van der Waals surface area contributed by atoms with Gasteiger partial charge >= 0.3 is 0 Å². The van der Waals surface area contributed by atoms with Gasteiger partial charge in [0, 0.05) is 12.8 Å². The molecule has 0 bridgehead atoms. The topological polar surface area (TPSA) is 93.8 Å². The molecule has 2 aromatic heterocycles. The first kappa shape index (κ1) is 13.9. The number of anilines is 1. The van der Waals surface area contributed by atoms with Gasteiger partial charge in [-0.25, -0.2) is 0 Å². The van der Waals surface area contributed by atoms with Crippen LogP contribution < -0.4 is 5.32 Å². The Morgan fingerprint density at radius 1 is 1.43 bits per heavy atom. The summed E-state index contributed by atoms with van der Waals surface area (Å²) in [6.45, 7) is 1.72. The number of hydrogen-bond acceptors (Lipinski definition) is 7. The molecule has 2 heterocycles. The number of nitrogens with one attached hydrogen (secondary N) is 1. The van der Waals surface area contributed by atoms with E-state index in [0.29, 0.717) is 39.9 Å². The number of nitrogens with zero attached hydrogens (tertiary/aromatic N) is 4. The van der Waals surface area contributed by atoms with Crippen LogP contribution in [0.3, 0.4) is 0 Å². The maximum atomic E-state index is 12.0. The van der Waals surface area contributed by atoms with Gasteiger partial charge in [-0.1, -0.05) is 16.8 Å². The van der Waals surface area contributed by atoms with Crippen molar-refractivity contribution >= 4 is 46.0 Å². The van der Waals surface area contributed by atoms with Gasteiger partial charge in [-0.05, 0) is 19.1 Å². The Morgan fingerprint density at radius 2 is 2.29 bits per heavy atom. The predicted molar refractivity (Wildman–Crippen MR) is 78.4 cm³/mol. The van der Waals surface area contributed by atoms with Crippen molar-refractivity contribution in [3.8, 4) is 0 Å². The Kier molecular flexibility index (Phi) is 3.80. The average molecular weight is 324 g/mol. The van der Waals surface area contributed by atoms with Crippen molar-refractivity contribution in [1.82, 2.24) is 18.9 Å². The molecule has 0 radical (unpaired) electrons. The van der Waals surface area contributed by atoms with Crippen LogP contribution in [0.4, 0.5) is 5.69 Å². The van der Waals surface area contributed by atoms with E-state index in [-0.39, 0.29) is 12.3 Å². The van der Waals surface area contributed by atoms with Crippen LogP contribution in [0.5, 0.6) is 0 Å². The van der Waals surface area contributed by atoms with Crippen LogP contribution in [0.2, 0.25) is 5.02 Å². The first-order valence-corrected chi connectivity index (χ1v) is 7.24. The van der Waals surface area contributed by atoms with Crippen LogP contribution in [0.15, 0.2) is 16.7 Å². The highest BCUT2D eigenvalue weighted by Crippen LogP contribution is 2.30. The Bertz CT molecular complexity index is 800. The molecule has 1 amide bonds. The summed E-state index contributed by atoms with van der Waals surface area (Å²) in [6, 6.07) is 3.44. The molecule has 0 saturated carbocycles. The van der Waals surface area contributed by atoms with Gasteiger partial charge in [-0.2, -0.15) is 13.7 Å². The zero-order valence-corrected chi connectivity index (χ0v) is 12.5. The molecule has 0 saturated heterocycles. The number of benzene rings is 1. The first-order chi connectivity index (χ1) is 10.1. The summed E-state index contributed by atoms with van der Waals surface area (Å²) in [7, 11) is 0. The smallest absolute Gasteiger partial charge is 0.227 e. The van der Waals surface area contributed by atoms with Gasteiger partial charge in [0.05, 0.1) is 22.4 Å². The van der Waals surface area contributed by atoms with Gasteiger partial charge < -0.3 is 9.84 Å². The van der Waals surface area contributed by atoms with Crippen molar-refractivity contribution in [3.63, 3.8) is 0 Å². The number of hydrogen-bond donors (Lipinski definition) is 1. The first-order valence-electron chi connectivity index (χ1n) is 6.13. The maximum absolute atomic E-state index is 12.0. The summed E-state index contributed by atoms with van der Waals surface area (Å²) < 4.78 is 13.2. The molecule has 0 aliphatic carbocycles. The number of fused-ring (bicyclic) bond motifs is 1. The van der Waals surface area contributed by atoms with Gasteiger partial charge in [0.2, 0.25) is 11.8 Å². The summed E-state index contributed by atoms with van der Waals surface area (Å²) in [6.07, 6.45) is 0.585. The van der Waals surface area contributed by atoms with Crippen molar-refractivity contribution < 1.29 is 9.32 Å². The van der Waals surface area contributed by atoms with Crippen LogP contribution in [0, 0.1) is 6.92 Å². The van der Waals surface area contributed by atoms with Crippen molar-refractivity contribution in [3.05, 3.63) is 28.9 Å². The Hall–Kier alpha value is -2.06. The Morgan fingerprint density at radius 3 is 3.05 bits per heavy atom. The monoisotopic (exact) mass is 323 g/mol. The lowest BCUT2D eigenvalue weighted by molar-refractivity contribution is -0.116. The SMILES string of the molecule is Cc1noc(CCC(=O)Nc2c(Cl)ccc3nsnc23)n1. The molecule has 21 heavy (non-hydrogen) atoms. The number of carbonyl (C=O) groups is 1. The number of halogens is 1. The van der Waals surface area contributed by atoms with Crippen LogP contribution in [-0.4, -0.2) is 24.8 Å². The van der Waals surface area contributed by atoms with Gasteiger partial charge in [0.25, 0.3) is 0 Å². The fourth-order valence-corrected chi connectivity index (χ4v) is 2.55. The van der Waals surface area contributed by atoms with E-state index in [1.165, 1.54) is 0 Å². The fourth-order valence-electron chi connectivity index (χ4n) is 1.81. The molecule has 3 aromatic rings. The molecule has 7 nitrogen and oxygen atoms in total. The van der Waals surface area contributed by atoms with E-state index in [0.717, 1.165) is 11.7 Å². The maximum Gasteiger partial charge on any atom is 0.227 e. The summed E-state index contributed by atoms with van der Waals surface area (Å²) in [5.74, 6) is 0.780. The van der Waals surface area contributed by atoms with E-state index in [2.05, 4.69) is 24.2 Å². The van der Waals surface area contributed by atoms with E-state index >= 15 is 0 Å². The van der Waals surface area contributed by atoms with Crippen molar-refractivity contribution in [1.29, 1.82) is 0 Å². The van der Waals surface area contributed by atoms with Gasteiger partial charge in [0.1, 0.15) is 11.0 Å². The van der Waals surface area contributed by atoms with Gasteiger partial charge in [-0.3, -0.25) is 4.79 Å². The second-order valence-electron chi connectivity index (χ2n) is 4.34. The highest BCUT2D eigenvalue weighted by molar-refractivity contribution is 7.00. The fraction of sp³-hybridized carbons (Fsp3) is 0.250. The molecule has 108 valence electrons. The quantitative estimate of drug-likeness (QED) is 0.793. The minimum absolute atomic E-state index is 0.201. The number of aromatic nitrogens is 4. The van der Waals surface area contributed by atoms with E-state index in [1.807, 2.05) is 0 Å². The zero-order chi connectivity index (χ0) is 14.8. The third-order valence-electron chi connectivity index (χ3n) is 2.78. The molecule has 3 rings (SSSR count). The molecule has 1 aromatic carbocycles. The lowest BCUT2D eigenvalue weighted by Gasteiger charge is -2.06. The zero-order valence-electron chi connectivity index (χ0n) is 11.0. The van der Waals surface area contributed by atoms with E-state index in [9.17, 15) is 4.79 Å². The van der Waals surface area contributed by atoms with E-state index in [4.69, 9.17) is 16.1 Å². The third kappa shape index (κ3) is 3.01. The third-order valence-corrected chi connectivity index (χ3v) is 3.63. The minimum Gasteiger partial charge on any atom is -0.339 e. The summed E-state index contributed by atoms with van der Waals surface area (Å²) >= 11 is 7.18. The summed E-state index contributed by atoms with van der Waals surface area (Å²) in [5.41, 5.74) is 1.77. The molecule has 0 unspecified atom stereocenters. The average Bonchev–Trinajstić information content (AvgIpc) is 3.08. The second kappa shape index (κ2) is 5.74. The van der Waals surface area contributed by atoms with Crippen molar-refractivity contribution in [2.24, 2.45) is 0 Å². The van der Waals surface area contributed by atoms with E-state index < -0.39 is 0 Å². The normalized spacial score (nSPS) is 11.0. The molecule has 9 heteroatoms. The Labute approximate surface area is 128 Å². The summed E-state index contributed by atoms with van der Waals surface area (Å²) in [5, 5.41) is 6.86. The molecule has 0 aliphatic heterocycles. The Balaban J connectivity index is 1.71. The van der Waals surface area contributed by atoms with Gasteiger partial charge in [0.15, 0.2) is 5.82 Å². The molecule has 0 atom stereocenters. The largest absolute Gasteiger partial charge is 0.339 e. The van der Waals surface area contributed by atoms with Crippen LogP contribution >= 0.6 is 23.3 Å². The molecular formula is C12H10ClN5O2S. The highest BCUT2D eigenvalue weighted by atomic mass is 35.5. The van der Waals surface area contributed by atoms with Crippen LogP contribution in [-0.2, 0) is 11.2 Å². The molecule has 1 N–H and O–H groups in total. The molecule has 0 aliphatic rings. The number of amides is 1. The molecular weight excluding hydrogens is 314 g/mol. The second-order valence-corrected chi connectivity index (χ2v) is 5.27. The van der Waals surface area contributed by atoms with E-state index in [1.54, 1.807) is 19.1 Å². The van der Waals surface area contributed by atoms with Crippen molar-refractivity contribution in [2.45, 2.75) is 19.8 Å².